The van der Waals surface area contributed by atoms with E-state index in [2.05, 4.69) is 4.98 Å². The summed E-state index contributed by atoms with van der Waals surface area (Å²) in [4.78, 5) is 42.1. The Labute approximate surface area is 199 Å². The Morgan fingerprint density at radius 1 is 1.12 bits per heavy atom. The number of nitrogens with one attached hydrogen (secondary N) is 1. The minimum atomic E-state index is -0.667. The fraction of sp³-hybridized carbons (Fsp3) is 0.542. The summed E-state index contributed by atoms with van der Waals surface area (Å²) in [6, 6.07) is 3.57. The number of hydrogen-bond donors (Lipinski definition) is 2. The molecule has 0 aliphatic heterocycles. The Morgan fingerprint density at radius 3 is 2.24 bits per heavy atom. The van der Waals surface area contributed by atoms with Crippen molar-refractivity contribution in [2.24, 2.45) is 5.92 Å². The molecule has 2 aromatic rings. The number of nitrogen functional groups attached to an aromatic ring is 1. The molecule has 1 heterocycles. The van der Waals surface area contributed by atoms with E-state index in [-0.39, 0.29) is 29.8 Å². The number of aromatic amines is 1. The second-order valence-corrected chi connectivity index (χ2v) is 8.43. The van der Waals surface area contributed by atoms with E-state index in [1.807, 2.05) is 20.8 Å². The Balaban J connectivity index is 2.40. The van der Waals surface area contributed by atoms with Crippen LogP contribution < -0.4 is 36.1 Å². The number of amides is 1. The maximum atomic E-state index is 13.3. The number of anilines is 2. The fourth-order valence-electron chi connectivity index (χ4n) is 3.73. The minimum Gasteiger partial charge on any atom is -0.493 e. The fourth-order valence-corrected chi connectivity index (χ4v) is 3.73. The number of benzene rings is 1. The molecule has 10 heteroatoms. The second-order valence-electron chi connectivity index (χ2n) is 8.43. The lowest BCUT2D eigenvalue weighted by Gasteiger charge is -2.25. The second kappa shape index (κ2) is 12.2. The number of aryl methyl sites for hydroxylation is 1. The number of unbranched alkanes of at least 4 members (excludes halogenated alkanes) is 1. The summed E-state index contributed by atoms with van der Waals surface area (Å²) in [7, 11) is 4.58. The lowest BCUT2D eigenvalue weighted by Crippen LogP contribution is -2.42. The van der Waals surface area contributed by atoms with Gasteiger partial charge >= 0.3 is 5.69 Å². The molecular weight excluding hydrogens is 440 g/mol. The Morgan fingerprint density at radius 2 is 1.74 bits per heavy atom. The van der Waals surface area contributed by atoms with Crippen LogP contribution in [0.1, 0.15) is 45.6 Å². The number of rotatable bonds is 12. The number of hydrogen-bond acceptors (Lipinski definition) is 7. The monoisotopic (exact) mass is 476 g/mol. The summed E-state index contributed by atoms with van der Waals surface area (Å²) < 4.78 is 17.4. The quantitative estimate of drug-likeness (QED) is 0.482. The van der Waals surface area contributed by atoms with Crippen molar-refractivity contribution in [1.82, 2.24) is 9.55 Å². The highest BCUT2D eigenvalue weighted by Gasteiger charge is 2.24. The lowest BCUT2D eigenvalue weighted by molar-refractivity contribution is -0.118. The molecule has 1 aromatic carbocycles. The molecule has 1 amide bonds. The number of ether oxygens (including phenoxy) is 3. The van der Waals surface area contributed by atoms with Crippen LogP contribution in [0.5, 0.6) is 17.2 Å². The normalized spacial score (nSPS) is 10.9. The number of carbonyl (C=O) groups is 1. The van der Waals surface area contributed by atoms with Gasteiger partial charge in [0.05, 0.1) is 21.3 Å². The predicted molar refractivity (Wildman–Crippen MR) is 132 cm³/mol. The molecule has 0 saturated carbocycles. The average molecular weight is 477 g/mol. The molecule has 1 aromatic heterocycles. The summed E-state index contributed by atoms with van der Waals surface area (Å²) in [5.41, 5.74) is 5.84. The van der Waals surface area contributed by atoms with Crippen molar-refractivity contribution < 1.29 is 19.0 Å². The van der Waals surface area contributed by atoms with Gasteiger partial charge in [0.1, 0.15) is 5.82 Å². The van der Waals surface area contributed by atoms with Gasteiger partial charge in [-0.1, -0.05) is 27.2 Å². The first kappa shape index (κ1) is 26.8. The van der Waals surface area contributed by atoms with Gasteiger partial charge in [0.15, 0.2) is 17.2 Å². The van der Waals surface area contributed by atoms with E-state index in [0.717, 1.165) is 12.0 Å². The highest BCUT2D eigenvalue weighted by Crippen LogP contribution is 2.38. The molecule has 0 unspecified atom stereocenters. The van der Waals surface area contributed by atoms with Crippen molar-refractivity contribution in [2.75, 3.05) is 38.5 Å². The van der Waals surface area contributed by atoms with Gasteiger partial charge in [0.2, 0.25) is 11.7 Å². The summed E-state index contributed by atoms with van der Waals surface area (Å²) in [6.07, 6.45) is 1.99. The first-order valence-electron chi connectivity index (χ1n) is 11.4. The molecule has 188 valence electrons. The molecule has 0 aliphatic rings. The molecule has 34 heavy (non-hydrogen) atoms. The zero-order valence-electron chi connectivity index (χ0n) is 20.9. The van der Waals surface area contributed by atoms with Crippen LogP contribution in [0.25, 0.3) is 0 Å². The number of carbonyl (C=O) groups excluding carboxylic acids is 1. The zero-order valence-corrected chi connectivity index (χ0v) is 20.9. The highest BCUT2D eigenvalue weighted by molar-refractivity contribution is 5.95. The molecule has 0 fully saturated rings. The number of aromatic nitrogens is 2. The largest absolute Gasteiger partial charge is 0.493 e. The van der Waals surface area contributed by atoms with Crippen molar-refractivity contribution in [1.29, 1.82) is 0 Å². The van der Waals surface area contributed by atoms with Gasteiger partial charge in [-0.05, 0) is 36.5 Å². The number of methoxy groups -OCH3 is 3. The Bertz CT molecular complexity index is 1080. The van der Waals surface area contributed by atoms with E-state index < -0.39 is 11.2 Å². The topological polar surface area (TPSA) is 129 Å². The smallest absolute Gasteiger partial charge is 0.330 e. The third-order valence-corrected chi connectivity index (χ3v) is 5.42. The van der Waals surface area contributed by atoms with Gasteiger partial charge in [-0.25, -0.2) is 4.79 Å². The van der Waals surface area contributed by atoms with Crippen molar-refractivity contribution >= 4 is 17.4 Å². The number of nitrogens with zero attached hydrogens (tertiary/aromatic N) is 2. The molecule has 0 spiro atoms. The minimum absolute atomic E-state index is 0.000288. The molecule has 0 saturated heterocycles. The zero-order chi connectivity index (χ0) is 25.4. The van der Waals surface area contributed by atoms with Crippen LogP contribution in [0, 0.1) is 5.92 Å². The van der Waals surface area contributed by atoms with Crippen molar-refractivity contribution in [3.63, 3.8) is 0 Å². The van der Waals surface area contributed by atoms with Gasteiger partial charge in [0, 0.05) is 19.5 Å². The van der Waals surface area contributed by atoms with Crippen LogP contribution in [0.15, 0.2) is 21.7 Å². The van der Waals surface area contributed by atoms with Gasteiger partial charge in [-0.2, -0.15) is 0 Å². The number of H-pyrrole nitrogens is 1. The maximum absolute atomic E-state index is 13.3. The summed E-state index contributed by atoms with van der Waals surface area (Å²) in [6.45, 7) is 6.52. The molecule has 10 nitrogen and oxygen atoms in total. The molecular formula is C24H36N4O6. The molecule has 0 radical (unpaired) electrons. The third kappa shape index (κ3) is 6.12. The van der Waals surface area contributed by atoms with Crippen LogP contribution in [0.4, 0.5) is 11.5 Å². The average Bonchev–Trinajstić information content (AvgIpc) is 2.81. The van der Waals surface area contributed by atoms with E-state index in [9.17, 15) is 14.4 Å². The first-order valence-corrected chi connectivity index (χ1v) is 11.4. The first-order chi connectivity index (χ1) is 16.2. The van der Waals surface area contributed by atoms with Crippen molar-refractivity contribution in [2.45, 2.75) is 53.0 Å². The highest BCUT2D eigenvalue weighted by atomic mass is 16.5. The summed E-state index contributed by atoms with van der Waals surface area (Å²) in [5.74, 6) is 1.31. The molecule has 0 aliphatic carbocycles. The van der Waals surface area contributed by atoms with Crippen LogP contribution in [-0.4, -0.2) is 43.3 Å². The van der Waals surface area contributed by atoms with Gasteiger partial charge in [0.25, 0.3) is 5.56 Å². The summed E-state index contributed by atoms with van der Waals surface area (Å²) >= 11 is 0. The number of nitrogens with two attached hydrogens (primary N) is 1. The predicted octanol–water partition coefficient (Wildman–Crippen LogP) is 2.57. The molecule has 3 N–H and O–H groups in total. The van der Waals surface area contributed by atoms with E-state index in [1.54, 1.807) is 12.1 Å². The van der Waals surface area contributed by atoms with Crippen molar-refractivity contribution in [3.05, 3.63) is 38.5 Å². The van der Waals surface area contributed by atoms with E-state index in [4.69, 9.17) is 19.9 Å². The third-order valence-electron chi connectivity index (χ3n) is 5.42. The lowest BCUT2D eigenvalue weighted by atomic mass is 10.1. The van der Waals surface area contributed by atoms with Crippen LogP contribution >= 0.6 is 0 Å². The van der Waals surface area contributed by atoms with E-state index in [0.29, 0.717) is 43.2 Å². The van der Waals surface area contributed by atoms with Crippen molar-refractivity contribution in [3.8, 4) is 17.2 Å². The van der Waals surface area contributed by atoms with Gasteiger partial charge in [-0.15, -0.1) is 0 Å². The standard InChI is InChI=1S/C24H36N4O6/c1-7-8-11-27(20-22(25)28(14-15(2)3)24(31)26-23(20)30)19(29)10-9-16-12-17(32-4)21(34-6)18(13-16)33-5/h12-13,15H,7-11,14,25H2,1-6H3,(H,26,30,31). The maximum Gasteiger partial charge on any atom is 0.330 e. The van der Waals surface area contributed by atoms with Crippen LogP contribution in [-0.2, 0) is 17.8 Å². The Kier molecular flexibility index (Phi) is 9.58. The van der Waals surface area contributed by atoms with Gasteiger partial charge in [-0.3, -0.25) is 19.1 Å². The SMILES string of the molecule is CCCCN(C(=O)CCc1cc(OC)c(OC)c(OC)c1)c1c(N)n(CC(C)C)c(=O)[nH]c1=O. The van der Waals surface area contributed by atoms with E-state index >= 15 is 0 Å². The molecule has 0 bridgehead atoms. The molecule has 0 atom stereocenters. The summed E-state index contributed by atoms with van der Waals surface area (Å²) in [5, 5.41) is 0. The Hall–Kier alpha value is -3.43. The van der Waals surface area contributed by atoms with Gasteiger partial charge < -0.3 is 24.8 Å². The van der Waals surface area contributed by atoms with Crippen LogP contribution in [0.3, 0.4) is 0 Å². The van der Waals surface area contributed by atoms with E-state index in [1.165, 1.54) is 30.8 Å². The molecule has 2 rings (SSSR count). The van der Waals surface area contributed by atoms with Crippen LogP contribution in [0.2, 0.25) is 0 Å².